The van der Waals surface area contributed by atoms with Crippen LogP contribution in [-0.2, 0) is 4.79 Å². The van der Waals surface area contributed by atoms with Gasteiger partial charge >= 0.3 is 0 Å². The second-order valence-corrected chi connectivity index (χ2v) is 5.58. The summed E-state index contributed by atoms with van der Waals surface area (Å²) in [5, 5.41) is 9.57. The highest BCUT2D eigenvalue weighted by molar-refractivity contribution is 9.09. The van der Waals surface area contributed by atoms with Crippen molar-refractivity contribution in [3.8, 4) is 6.07 Å². The van der Waals surface area contributed by atoms with E-state index < -0.39 is 0 Å². The summed E-state index contributed by atoms with van der Waals surface area (Å²) in [4.78, 5) is 21.7. The van der Waals surface area contributed by atoms with E-state index in [-0.39, 0.29) is 10.7 Å². The summed E-state index contributed by atoms with van der Waals surface area (Å²) in [7, 11) is 0. The molecule has 1 fully saturated rings. The standard InChI is InChI=1S/C10H9BrN4OS/c1-17-10-13-4-6(3-12)9(14-10)15-5-7(11)2-8(15)16/h4,7H,2,5H2,1H3. The maximum Gasteiger partial charge on any atom is 0.229 e. The van der Waals surface area contributed by atoms with Gasteiger partial charge in [-0.25, -0.2) is 9.97 Å². The van der Waals surface area contributed by atoms with Crippen molar-refractivity contribution in [2.45, 2.75) is 16.4 Å². The van der Waals surface area contributed by atoms with Crippen molar-refractivity contribution in [3.63, 3.8) is 0 Å². The van der Waals surface area contributed by atoms with Gasteiger partial charge in [0.25, 0.3) is 0 Å². The molecule has 2 rings (SSSR count). The van der Waals surface area contributed by atoms with Crippen molar-refractivity contribution < 1.29 is 4.79 Å². The lowest BCUT2D eigenvalue weighted by molar-refractivity contribution is -0.117. The molecule has 0 aromatic carbocycles. The molecule has 0 N–H and O–H groups in total. The maximum atomic E-state index is 11.8. The number of alkyl halides is 1. The van der Waals surface area contributed by atoms with Crippen LogP contribution in [0.5, 0.6) is 0 Å². The summed E-state index contributed by atoms with van der Waals surface area (Å²) in [6.07, 6.45) is 3.75. The minimum atomic E-state index is -0.0193. The zero-order chi connectivity index (χ0) is 12.4. The third kappa shape index (κ3) is 2.42. The van der Waals surface area contributed by atoms with Gasteiger partial charge < -0.3 is 0 Å². The molecule has 1 aliphatic rings. The molecule has 88 valence electrons. The van der Waals surface area contributed by atoms with Gasteiger partial charge in [-0.15, -0.1) is 0 Å². The second-order valence-electron chi connectivity index (χ2n) is 3.51. The molecule has 7 heteroatoms. The predicted molar refractivity (Wildman–Crippen MR) is 68.2 cm³/mol. The number of thioether (sulfide) groups is 1. The largest absolute Gasteiger partial charge is 0.294 e. The van der Waals surface area contributed by atoms with Gasteiger partial charge in [-0.3, -0.25) is 9.69 Å². The van der Waals surface area contributed by atoms with Crippen LogP contribution in [0.15, 0.2) is 11.4 Å². The highest BCUT2D eigenvalue weighted by Crippen LogP contribution is 2.27. The van der Waals surface area contributed by atoms with Crippen LogP contribution < -0.4 is 4.90 Å². The lowest BCUT2D eigenvalue weighted by Gasteiger charge is -2.16. The summed E-state index contributed by atoms with van der Waals surface area (Å²) in [6, 6.07) is 2.02. The van der Waals surface area contributed by atoms with Gasteiger partial charge in [0.2, 0.25) is 5.91 Å². The number of hydrogen-bond donors (Lipinski definition) is 0. The second kappa shape index (κ2) is 5.02. The van der Waals surface area contributed by atoms with Gasteiger partial charge in [-0.2, -0.15) is 5.26 Å². The first-order valence-corrected chi connectivity index (χ1v) is 7.05. The Morgan fingerprint density at radius 3 is 3.00 bits per heavy atom. The van der Waals surface area contributed by atoms with Crippen molar-refractivity contribution in [1.29, 1.82) is 5.26 Å². The van der Waals surface area contributed by atoms with Crippen LogP contribution in [0.1, 0.15) is 12.0 Å². The normalized spacial score (nSPS) is 19.5. The summed E-state index contributed by atoms with van der Waals surface area (Å²) >= 11 is 4.79. The fraction of sp³-hybridized carbons (Fsp3) is 0.400. The van der Waals surface area contributed by atoms with E-state index in [9.17, 15) is 4.79 Å². The Morgan fingerprint density at radius 1 is 1.71 bits per heavy atom. The number of carbonyl (C=O) groups is 1. The quantitative estimate of drug-likeness (QED) is 0.471. The number of aromatic nitrogens is 2. The van der Waals surface area contributed by atoms with E-state index in [4.69, 9.17) is 5.26 Å². The number of nitrogens with zero attached hydrogens (tertiary/aromatic N) is 4. The zero-order valence-electron chi connectivity index (χ0n) is 9.05. The molecule has 2 heterocycles. The predicted octanol–water partition coefficient (Wildman–Crippen LogP) is 1.57. The Kier molecular flexibility index (Phi) is 3.64. The molecule has 1 aromatic heterocycles. The number of anilines is 1. The van der Waals surface area contributed by atoms with E-state index in [0.29, 0.717) is 29.5 Å². The zero-order valence-corrected chi connectivity index (χ0v) is 11.5. The van der Waals surface area contributed by atoms with Crippen LogP contribution in [0.4, 0.5) is 5.82 Å². The van der Waals surface area contributed by atoms with E-state index >= 15 is 0 Å². The van der Waals surface area contributed by atoms with Crippen LogP contribution in [0, 0.1) is 11.3 Å². The number of rotatable bonds is 2. The smallest absolute Gasteiger partial charge is 0.229 e. The fourth-order valence-electron chi connectivity index (χ4n) is 1.61. The molecule has 1 unspecified atom stereocenters. The Bertz CT molecular complexity index is 502. The third-order valence-corrected chi connectivity index (χ3v) is 3.56. The summed E-state index contributed by atoms with van der Waals surface area (Å²) in [5.41, 5.74) is 0.331. The lowest BCUT2D eigenvalue weighted by Crippen LogP contribution is -2.26. The van der Waals surface area contributed by atoms with Gasteiger partial charge in [0.1, 0.15) is 11.6 Å². The Balaban J connectivity index is 2.43. The number of halogens is 1. The fourth-order valence-corrected chi connectivity index (χ4v) is 2.51. The molecule has 0 radical (unpaired) electrons. The van der Waals surface area contributed by atoms with Crippen molar-refractivity contribution >= 4 is 39.4 Å². The van der Waals surface area contributed by atoms with Crippen molar-refractivity contribution in [3.05, 3.63) is 11.8 Å². The Labute approximate surface area is 111 Å². The summed E-state index contributed by atoms with van der Waals surface area (Å²) < 4.78 is 0. The van der Waals surface area contributed by atoms with Crippen LogP contribution in [0.3, 0.4) is 0 Å². The average molecular weight is 313 g/mol. The minimum Gasteiger partial charge on any atom is -0.294 e. The molecule has 1 atom stereocenters. The van der Waals surface area contributed by atoms with Crippen LogP contribution >= 0.6 is 27.7 Å². The lowest BCUT2D eigenvalue weighted by atomic mass is 10.3. The SMILES string of the molecule is CSc1ncc(C#N)c(N2CC(Br)CC2=O)n1. The summed E-state index contributed by atoms with van der Waals surface area (Å²) in [6.45, 7) is 0.540. The third-order valence-electron chi connectivity index (χ3n) is 2.38. The van der Waals surface area contributed by atoms with Gasteiger partial charge in [0, 0.05) is 17.8 Å². The molecule has 1 saturated heterocycles. The van der Waals surface area contributed by atoms with E-state index in [1.54, 1.807) is 4.90 Å². The van der Waals surface area contributed by atoms with Crippen molar-refractivity contribution in [2.24, 2.45) is 0 Å². The van der Waals surface area contributed by atoms with Gasteiger partial charge in [0.05, 0.1) is 6.20 Å². The average Bonchev–Trinajstić information content (AvgIpc) is 2.67. The molecule has 0 bridgehead atoms. The number of amides is 1. The van der Waals surface area contributed by atoms with E-state index in [1.807, 2.05) is 12.3 Å². The first-order valence-electron chi connectivity index (χ1n) is 4.91. The molecular formula is C10H9BrN4OS. The van der Waals surface area contributed by atoms with E-state index in [0.717, 1.165) is 0 Å². The molecule has 0 spiro atoms. The summed E-state index contributed by atoms with van der Waals surface area (Å²) in [5.74, 6) is 0.396. The van der Waals surface area contributed by atoms with Crippen LogP contribution in [-0.4, -0.2) is 33.5 Å². The first kappa shape index (κ1) is 12.3. The number of carbonyl (C=O) groups excluding carboxylic acids is 1. The molecule has 0 aliphatic carbocycles. The highest BCUT2D eigenvalue weighted by Gasteiger charge is 2.31. The van der Waals surface area contributed by atoms with Gasteiger partial charge in [-0.1, -0.05) is 27.7 Å². The highest BCUT2D eigenvalue weighted by atomic mass is 79.9. The number of hydrogen-bond acceptors (Lipinski definition) is 5. The Hall–Kier alpha value is -1.13. The molecule has 5 nitrogen and oxygen atoms in total. The molecule has 1 aromatic rings. The van der Waals surface area contributed by atoms with Crippen LogP contribution in [0.25, 0.3) is 0 Å². The van der Waals surface area contributed by atoms with Crippen LogP contribution in [0.2, 0.25) is 0 Å². The molecule has 17 heavy (non-hydrogen) atoms. The van der Waals surface area contributed by atoms with Crippen molar-refractivity contribution in [2.75, 3.05) is 17.7 Å². The van der Waals surface area contributed by atoms with E-state index in [1.165, 1.54) is 18.0 Å². The maximum absolute atomic E-state index is 11.8. The monoisotopic (exact) mass is 312 g/mol. The first-order chi connectivity index (χ1) is 8.15. The van der Waals surface area contributed by atoms with E-state index in [2.05, 4.69) is 25.9 Å². The topological polar surface area (TPSA) is 69.9 Å². The molecular weight excluding hydrogens is 304 g/mol. The minimum absolute atomic E-state index is 0.0193. The molecule has 1 aliphatic heterocycles. The Morgan fingerprint density at radius 2 is 2.47 bits per heavy atom. The van der Waals surface area contributed by atoms with Gasteiger partial charge in [-0.05, 0) is 6.26 Å². The molecule has 1 amide bonds. The number of nitriles is 1. The van der Waals surface area contributed by atoms with Crippen molar-refractivity contribution in [1.82, 2.24) is 9.97 Å². The molecule has 0 saturated carbocycles. The van der Waals surface area contributed by atoms with Gasteiger partial charge in [0.15, 0.2) is 11.0 Å².